The fraction of sp³-hybridized carbons (Fsp3) is 0.632. The predicted molar refractivity (Wildman–Crippen MR) is 97.8 cm³/mol. The Kier molecular flexibility index (Phi) is 6.44. The van der Waals surface area contributed by atoms with E-state index in [1.165, 1.54) is 18.4 Å². The molecule has 24 heavy (non-hydrogen) atoms. The second-order valence-electron chi connectivity index (χ2n) is 6.60. The number of thioether (sulfide) groups is 1. The molecule has 2 aliphatic rings. The van der Waals surface area contributed by atoms with E-state index >= 15 is 0 Å². The highest BCUT2D eigenvalue weighted by Crippen LogP contribution is 2.29. The van der Waals surface area contributed by atoms with E-state index in [-0.39, 0.29) is 5.91 Å². The summed E-state index contributed by atoms with van der Waals surface area (Å²) in [5.74, 6) is 3.13. The van der Waals surface area contributed by atoms with Gasteiger partial charge in [-0.05, 0) is 43.4 Å². The molecule has 0 aromatic heterocycles. The number of methoxy groups -OCH3 is 1. The van der Waals surface area contributed by atoms with E-state index in [0.717, 1.165) is 44.0 Å². The number of likely N-dealkylation sites (tertiary alicyclic amines) is 1. The van der Waals surface area contributed by atoms with Crippen LogP contribution in [-0.4, -0.2) is 55.2 Å². The molecule has 5 heteroatoms. The molecule has 3 rings (SSSR count). The van der Waals surface area contributed by atoms with Gasteiger partial charge in [-0.2, -0.15) is 0 Å². The number of amides is 1. The highest BCUT2D eigenvalue weighted by atomic mass is 32.2. The average molecular weight is 349 g/mol. The summed E-state index contributed by atoms with van der Waals surface area (Å²) < 4.78 is 10.9. The van der Waals surface area contributed by atoms with Crippen molar-refractivity contribution in [2.45, 2.75) is 37.7 Å². The zero-order valence-electron chi connectivity index (χ0n) is 14.4. The van der Waals surface area contributed by atoms with Crippen molar-refractivity contribution in [1.82, 2.24) is 4.90 Å². The van der Waals surface area contributed by atoms with Crippen LogP contribution in [0.15, 0.2) is 24.3 Å². The Morgan fingerprint density at radius 2 is 2.12 bits per heavy atom. The van der Waals surface area contributed by atoms with Crippen molar-refractivity contribution in [1.29, 1.82) is 0 Å². The summed E-state index contributed by atoms with van der Waals surface area (Å²) in [6.07, 6.45) is 4.98. The van der Waals surface area contributed by atoms with Gasteiger partial charge in [0.15, 0.2) is 0 Å². The minimum absolute atomic E-state index is 0.270. The number of ether oxygens (including phenoxy) is 2. The quantitative estimate of drug-likeness (QED) is 0.790. The van der Waals surface area contributed by atoms with Gasteiger partial charge in [-0.3, -0.25) is 4.79 Å². The highest BCUT2D eigenvalue weighted by Gasteiger charge is 2.27. The molecular weight excluding hydrogens is 322 g/mol. The molecule has 2 heterocycles. The maximum atomic E-state index is 12.4. The molecule has 1 amide bonds. The summed E-state index contributed by atoms with van der Waals surface area (Å²) in [5.41, 5.74) is 1.30. The largest absolute Gasteiger partial charge is 0.497 e. The fourth-order valence-electron chi connectivity index (χ4n) is 3.44. The van der Waals surface area contributed by atoms with Gasteiger partial charge in [0.2, 0.25) is 5.91 Å². The van der Waals surface area contributed by atoms with Gasteiger partial charge in [0.05, 0.1) is 19.0 Å². The summed E-state index contributed by atoms with van der Waals surface area (Å²) >= 11 is 1.72. The summed E-state index contributed by atoms with van der Waals surface area (Å²) in [7, 11) is 1.68. The summed E-state index contributed by atoms with van der Waals surface area (Å²) in [5, 5.41) is 0. The van der Waals surface area contributed by atoms with Crippen molar-refractivity contribution in [3.05, 3.63) is 29.8 Å². The van der Waals surface area contributed by atoms with Crippen LogP contribution in [0, 0.1) is 0 Å². The molecule has 2 atom stereocenters. The molecule has 1 aromatic carbocycles. The normalized spacial score (nSPS) is 24.1. The lowest BCUT2D eigenvalue weighted by Gasteiger charge is -2.22. The minimum Gasteiger partial charge on any atom is -0.497 e. The van der Waals surface area contributed by atoms with Crippen LogP contribution in [0.5, 0.6) is 5.75 Å². The Morgan fingerprint density at radius 1 is 1.29 bits per heavy atom. The van der Waals surface area contributed by atoms with Gasteiger partial charge in [0, 0.05) is 31.4 Å². The van der Waals surface area contributed by atoms with Crippen molar-refractivity contribution in [3.63, 3.8) is 0 Å². The van der Waals surface area contributed by atoms with Crippen molar-refractivity contribution in [3.8, 4) is 5.75 Å². The Labute approximate surface area is 148 Å². The third-order valence-corrected chi connectivity index (χ3v) is 5.99. The first-order chi connectivity index (χ1) is 11.8. The van der Waals surface area contributed by atoms with Crippen LogP contribution < -0.4 is 4.74 Å². The van der Waals surface area contributed by atoms with Crippen LogP contribution in [-0.2, 0) is 9.53 Å². The lowest BCUT2D eigenvalue weighted by atomic mass is 9.98. The molecule has 1 aromatic rings. The van der Waals surface area contributed by atoms with E-state index in [1.54, 1.807) is 18.9 Å². The molecule has 2 fully saturated rings. The van der Waals surface area contributed by atoms with Gasteiger partial charge >= 0.3 is 0 Å². The minimum atomic E-state index is 0.270. The number of rotatable bonds is 6. The van der Waals surface area contributed by atoms with Crippen molar-refractivity contribution in [2.24, 2.45) is 0 Å². The van der Waals surface area contributed by atoms with Gasteiger partial charge < -0.3 is 14.4 Å². The van der Waals surface area contributed by atoms with Gasteiger partial charge in [0.25, 0.3) is 0 Å². The molecule has 0 spiro atoms. The SMILES string of the molecule is COc1ccc([C@@H]2CCN(C(=O)CSC[C@H]3CCCCO3)C2)cc1. The summed E-state index contributed by atoms with van der Waals surface area (Å²) in [6, 6.07) is 8.24. The van der Waals surface area contributed by atoms with Crippen LogP contribution >= 0.6 is 11.8 Å². The lowest BCUT2D eigenvalue weighted by molar-refractivity contribution is -0.127. The zero-order valence-corrected chi connectivity index (χ0v) is 15.2. The number of hydrogen-bond donors (Lipinski definition) is 0. The van der Waals surface area contributed by atoms with Gasteiger partial charge in [-0.15, -0.1) is 11.8 Å². The van der Waals surface area contributed by atoms with E-state index in [9.17, 15) is 4.79 Å². The highest BCUT2D eigenvalue weighted by molar-refractivity contribution is 7.99. The molecular formula is C19H27NO3S. The van der Waals surface area contributed by atoms with Crippen LogP contribution in [0.1, 0.15) is 37.2 Å². The van der Waals surface area contributed by atoms with Gasteiger partial charge in [0.1, 0.15) is 5.75 Å². The van der Waals surface area contributed by atoms with Gasteiger partial charge in [-0.25, -0.2) is 0 Å². The van der Waals surface area contributed by atoms with Crippen LogP contribution in [0.25, 0.3) is 0 Å². The summed E-state index contributed by atoms with van der Waals surface area (Å²) in [4.78, 5) is 14.4. The first kappa shape index (κ1) is 17.6. The second kappa shape index (κ2) is 8.77. The smallest absolute Gasteiger partial charge is 0.232 e. The maximum Gasteiger partial charge on any atom is 0.232 e. The Hall–Kier alpha value is -1.20. The van der Waals surface area contributed by atoms with E-state index in [1.807, 2.05) is 17.0 Å². The molecule has 2 aliphatic heterocycles. The van der Waals surface area contributed by atoms with E-state index in [4.69, 9.17) is 9.47 Å². The maximum absolute atomic E-state index is 12.4. The first-order valence-corrected chi connectivity index (χ1v) is 10.0. The third kappa shape index (κ3) is 4.67. The monoisotopic (exact) mass is 349 g/mol. The number of nitrogens with zero attached hydrogens (tertiary/aromatic N) is 1. The Balaban J connectivity index is 1.41. The molecule has 4 nitrogen and oxygen atoms in total. The second-order valence-corrected chi connectivity index (χ2v) is 7.63. The standard InChI is InChI=1S/C19H27NO3S/c1-22-17-7-5-15(6-8-17)16-9-10-20(12-16)19(21)14-24-13-18-4-2-3-11-23-18/h5-8,16,18H,2-4,9-14H2,1H3/t16-,18-/m1/s1. The van der Waals surface area contributed by atoms with Crippen molar-refractivity contribution < 1.29 is 14.3 Å². The Bertz CT molecular complexity index is 528. The number of carbonyl (C=O) groups is 1. The third-order valence-electron chi connectivity index (χ3n) is 4.93. The van der Waals surface area contributed by atoms with E-state index in [2.05, 4.69) is 12.1 Å². The van der Waals surface area contributed by atoms with Gasteiger partial charge in [-0.1, -0.05) is 12.1 Å². The van der Waals surface area contributed by atoms with Crippen LogP contribution in [0.4, 0.5) is 0 Å². The average Bonchev–Trinajstić information content (AvgIpc) is 3.13. The van der Waals surface area contributed by atoms with E-state index < -0.39 is 0 Å². The van der Waals surface area contributed by atoms with E-state index in [0.29, 0.717) is 17.8 Å². The molecule has 0 aliphatic carbocycles. The molecule has 0 saturated carbocycles. The number of hydrogen-bond acceptors (Lipinski definition) is 4. The van der Waals surface area contributed by atoms with Crippen LogP contribution in [0.3, 0.4) is 0 Å². The molecule has 132 valence electrons. The summed E-state index contributed by atoms with van der Waals surface area (Å²) in [6.45, 7) is 2.59. The zero-order chi connectivity index (χ0) is 16.8. The first-order valence-electron chi connectivity index (χ1n) is 8.87. The molecule has 0 unspecified atom stereocenters. The molecule has 2 saturated heterocycles. The van der Waals surface area contributed by atoms with Crippen molar-refractivity contribution in [2.75, 3.05) is 38.3 Å². The molecule has 0 radical (unpaired) electrons. The predicted octanol–water partition coefficient (Wildman–Crippen LogP) is 3.31. The fourth-order valence-corrected chi connectivity index (χ4v) is 4.44. The molecule has 0 bridgehead atoms. The topological polar surface area (TPSA) is 38.8 Å². The Morgan fingerprint density at radius 3 is 2.83 bits per heavy atom. The van der Waals surface area contributed by atoms with Crippen molar-refractivity contribution >= 4 is 17.7 Å². The van der Waals surface area contributed by atoms with Crippen LogP contribution in [0.2, 0.25) is 0 Å². The molecule has 0 N–H and O–H groups in total. The number of carbonyl (C=O) groups excluding carboxylic acids is 1. The number of benzene rings is 1. The lowest BCUT2D eigenvalue weighted by Crippen LogP contribution is -2.30.